The Balaban J connectivity index is 2.76. The van der Waals surface area contributed by atoms with Crippen LogP contribution in [0.15, 0.2) is 12.4 Å². The van der Waals surface area contributed by atoms with Gasteiger partial charge in [0.25, 0.3) is 5.91 Å². The van der Waals surface area contributed by atoms with Crippen molar-refractivity contribution in [3.05, 3.63) is 18.1 Å². The quantitative estimate of drug-likeness (QED) is 0.892. The molecule has 106 valence electrons. The van der Waals surface area contributed by atoms with Gasteiger partial charge >= 0.3 is 6.18 Å². The molecule has 1 N–H and O–H groups in total. The number of nitrogens with zero attached hydrogens (tertiary/aromatic N) is 3. The summed E-state index contributed by atoms with van der Waals surface area (Å²) in [7, 11) is 1.07. The third-order valence-corrected chi connectivity index (χ3v) is 2.17. The van der Waals surface area contributed by atoms with Crippen LogP contribution < -0.4 is 5.32 Å². The molecule has 0 aliphatic carbocycles. The van der Waals surface area contributed by atoms with Gasteiger partial charge in [0.1, 0.15) is 18.1 Å². The summed E-state index contributed by atoms with van der Waals surface area (Å²) in [4.78, 5) is 20.0. The molecule has 19 heavy (non-hydrogen) atoms. The van der Waals surface area contributed by atoms with E-state index in [-0.39, 0.29) is 5.69 Å². The highest BCUT2D eigenvalue weighted by molar-refractivity contribution is 5.92. The van der Waals surface area contributed by atoms with Crippen molar-refractivity contribution < 1.29 is 18.0 Å². The van der Waals surface area contributed by atoms with Gasteiger partial charge in [0, 0.05) is 13.6 Å². The molecule has 1 aromatic rings. The standard InChI is InChI=1S/C11H15F3N4O/c1-3-4-16-9-6-15-5-8(17-9)10(19)18(2)7-11(12,13)14/h5-6H,3-4,7H2,1-2H3,(H,16,17). The molecule has 0 saturated heterocycles. The van der Waals surface area contributed by atoms with Gasteiger partial charge in [0.05, 0.1) is 12.4 Å². The summed E-state index contributed by atoms with van der Waals surface area (Å²) in [6, 6.07) is 0. The molecule has 0 aliphatic heterocycles. The van der Waals surface area contributed by atoms with E-state index in [1.807, 2.05) is 6.92 Å². The lowest BCUT2D eigenvalue weighted by Crippen LogP contribution is -2.36. The van der Waals surface area contributed by atoms with E-state index in [4.69, 9.17) is 0 Å². The summed E-state index contributed by atoms with van der Waals surface area (Å²) in [5.74, 6) is -0.446. The molecule has 0 spiro atoms. The number of carbonyl (C=O) groups is 1. The minimum Gasteiger partial charge on any atom is -0.369 e. The average Bonchev–Trinajstić information content (AvgIpc) is 2.33. The number of hydrogen-bond acceptors (Lipinski definition) is 4. The molecule has 0 aromatic carbocycles. The molecule has 0 radical (unpaired) electrons. The summed E-state index contributed by atoms with van der Waals surface area (Å²) in [6.45, 7) is 1.28. The Bertz CT molecular complexity index is 436. The lowest BCUT2D eigenvalue weighted by molar-refractivity contribution is -0.138. The van der Waals surface area contributed by atoms with Crippen LogP contribution in [0.2, 0.25) is 0 Å². The summed E-state index contributed by atoms with van der Waals surface area (Å²) in [6.07, 6.45) is -1.02. The third kappa shape index (κ3) is 5.11. The molecule has 1 heterocycles. The van der Waals surface area contributed by atoms with Crippen LogP contribution in [0, 0.1) is 0 Å². The second kappa shape index (κ2) is 6.35. The Hall–Kier alpha value is -1.86. The van der Waals surface area contributed by atoms with Gasteiger partial charge in [-0.1, -0.05) is 6.92 Å². The first-order valence-electron chi connectivity index (χ1n) is 5.71. The molecule has 1 amide bonds. The highest BCUT2D eigenvalue weighted by Gasteiger charge is 2.31. The first-order chi connectivity index (χ1) is 8.83. The summed E-state index contributed by atoms with van der Waals surface area (Å²) >= 11 is 0. The third-order valence-electron chi connectivity index (χ3n) is 2.17. The fourth-order valence-corrected chi connectivity index (χ4v) is 1.34. The number of carbonyl (C=O) groups excluding carboxylic acids is 1. The van der Waals surface area contributed by atoms with Crippen molar-refractivity contribution in [1.82, 2.24) is 14.9 Å². The summed E-state index contributed by atoms with van der Waals surface area (Å²) in [5.41, 5.74) is -0.118. The van der Waals surface area contributed by atoms with E-state index >= 15 is 0 Å². The van der Waals surface area contributed by atoms with Crippen molar-refractivity contribution in [3.8, 4) is 0 Å². The second-order valence-corrected chi connectivity index (χ2v) is 3.99. The fourth-order valence-electron chi connectivity index (χ4n) is 1.34. The lowest BCUT2D eigenvalue weighted by atomic mass is 10.3. The second-order valence-electron chi connectivity index (χ2n) is 3.99. The maximum atomic E-state index is 12.2. The van der Waals surface area contributed by atoms with Crippen LogP contribution in [-0.4, -0.2) is 47.1 Å². The van der Waals surface area contributed by atoms with Gasteiger partial charge in [-0.25, -0.2) is 4.98 Å². The summed E-state index contributed by atoms with van der Waals surface area (Å²) in [5, 5.41) is 2.91. The predicted molar refractivity (Wildman–Crippen MR) is 63.8 cm³/mol. The Morgan fingerprint density at radius 2 is 2.11 bits per heavy atom. The van der Waals surface area contributed by atoms with Gasteiger partial charge < -0.3 is 10.2 Å². The molecule has 1 rings (SSSR count). The molecule has 5 nitrogen and oxygen atoms in total. The molecule has 0 saturated carbocycles. The van der Waals surface area contributed by atoms with Gasteiger partial charge in [0.2, 0.25) is 0 Å². The molecule has 0 aliphatic rings. The van der Waals surface area contributed by atoms with Crippen molar-refractivity contribution in [2.24, 2.45) is 0 Å². The molecule has 0 fully saturated rings. The molecule has 0 atom stereocenters. The smallest absolute Gasteiger partial charge is 0.369 e. The number of halogens is 3. The summed E-state index contributed by atoms with van der Waals surface area (Å²) < 4.78 is 36.6. The first kappa shape index (κ1) is 15.2. The van der Waals surface area contributed by atoms with Crippen LogP contribution in [0.5, 0.6) is 0 Å². The molecule has 1 aromatic heterocycles. The minimum absolute atomic E-state index is 0.118. The van der Waals surface area contributed by atoms with Gasteiger partial charge in [-0.3, -0.25) is 9.78 Å². The number of nitrogens with one attached hydrogen (secondary N) is 1. The average molecular weight is 276 g/mol. The topological polar surface area (TPSA) is 58.1 Å². The SMILES string of the molecule is CCCNc1cncc(C(=O)N(C)CC(F)(F)F)n1. The Kier molecular flexibility index (Phi) is 5.08. The van der Waals surface area contributed by atoms with Crippen LogP contribution in [0.25, 0.3) is 0 Å². The van der Waals surface area contributed by atoms with Crippen molar-refractivity contribution >= 4 is 11.7 Å². The molecule has 0 bridgehead atoms. The molecule has 8 heteroatoms. The van der Waals surface area contributed by atoms with E-state index < -0.39 is 18.6 Å². The van der Waals surface area contributed by atoms with Gasteiger partial charge in [-0.2, -0.15) is 13.2 Å². The Morgan fingerprint density at radius 1 is 1.42 bits per heavy atom. The highest BCUT2D eigenvalue weighted by atomic mass is 19.4. The van der Waals surface area contributed by atoms with Crippen LogP contribution in [-0.2, 0) is 0 Å². The fraction of sp³-hybridized carbons (Fsp3) is 0.545. The maximum absolute atomic E-state index is 12.2. The molecular formula is C11H15F3N4O. The Morgan fingerprint density at radius 3 is 2.68 bits per heavy atom. The number of aromatic nitrogens is 2. The van der Waals surface area contributed by atoms with E-state index in [0.717, 1.165) is 19.7 Å². The number of hydrogen-bond donors (Lipinski definition) is 1. The van der Waals surface area contributed by atoms with E-state index in [2.05, 4.69) is 15.3 Å². The number of alkyl halides is 3. The number of amides is 1. The van der Waals surface area contributed by atoms with Gasteiger partial charge in [0.15, 0.2) is 0 Å². The number of rotatable bonds is 5. The van der Waals surface area contributed by atoms with Crippen molar-refractivity contribution in [2.45, 2.75) is 19.5 Å². The zero-order valence-corrected chi connectivity index (χ0v) is 10.7. The maximum Gasteiger partial charge on any atom is 0.406 e. The van der Waals surface area contributed by atoms with Crippen molar-refractivity contribution in [2.75, 3.05) is 25.5 Å². The van der Waals surface area contributed by atoms with Crippen LogP contribution in [0.4, 0.5) is 19.0 Å². The molecule has 0 unspecified atom stereocenters. The first-order valence-corrected chi connectivity index (χ1v) is 5.71. The van der Waals surface area contributed by atoms with E-state index in [0.29, 0.717) is 17.3 Å². The minimum atomic E-state index is -4.43. The Labute approximate surface area is 108 Å². The molecular weight excluding hydrogens is 261 g/mol. The van der Waals surface area contributed by atoms with Gasteiger partial charge in [-0.05, 0) is 6.42 Å². The number of anilines is 1. The zero-order valence-electron chi connectivity index (χ0n) is 10.7. The van der Waals surface area contributed by atoms with E-state index in [1.165, 1.54) is 6.20 Å². The highest BCUT2D eigenvalue weighted by Crippen LogP contribution is 2.16. The van der Waals surface area contributed by atoms with Crippen molar-refractivity contribution in [1.29, 1.82) is 0 Å². The lowest BCUT2D eigenvalue weighted by Gasteiger charge is -2.18. The largest absolute Gasteiger partial charge is 0.406 e. The van der Waals surface area contributed by atoms with Crippen molar-refractivity contribution in [3.63, 3.8) is 0 Å². The monoisotopic (exact) mass is 276 g/mol. The van der Waals surface area contributed by atoms with Gasteiger partial charge in [-0.15, -0.1) is 0 Å². The van der Waals surface area contributed by atoms with Crippen LogP contribution in [0.1, 0.15) is 23.8 Å². The van der Waals surface area contributed by atoms with Crippen LogP contribution in [0.3, 0.4) is 0 Å². The zero-order chi connectivity index (χ0) is 14.5. The van der Waals surface area contributed by atoms with Crippen LogP contribution >= 0.6 is 0 Å². The van der Waals surface area contributed by atoms with E-state index in [1.54, 1.807) is 0 Å². The van der Waals surface area contributed by atoms with E-state index in [9.17, 15) is 18.0 Å². The predicted octanol–water partition coefficient (Wildman–Crippen LogP) is 1.93. The normalized spacial score (nSPS) is 11.2.